The highest BCUT2D eigenvalue weighted by Crippen LogP contribution is 2.16. The van der Waals surface area contributed by atoms with Crippen molar-refractivity contribution in [3.8, 4) is 0 Å². The van der Waals surface area contributed by atoms with Gasteiger partial charge in [0, 0.05) is 16.9 Å². The molecule has 2 aromatic heterocycles. The molecule has 7 heteroatoms. The van der Waals surface area contributed by atoms with Crippen LogP contribution in [0.25, 0.3) is 0 Å². The fourth-order valence-corrected chi connectivity index (χ4v) is 1.90. The van der Waals surface area contributed by atoms with Gasteiger partial charge in [-0.3, -0.25) is 4.79 Å². The molecule has 72 valence electrons. The van der Waals surface area contributed by atoms with E-state index in [-0.39, 0.29) is 11.6 Å². The Bertz CT molecular complexity index is 436. The van der Waals surface area contributed by atoms with E-state index in [1.165, 1.54) is 11.3 Å². The van der Waals surface area contributed by atoms with Gasteiger partial charge in [0.25, 0.3) is 5.91 Å². The Hall–Kier alpha value is -1.47. The number of nitrogen functional groups attached to an aromatic ring is 1. The van der Waals surface area contributed by atoms with Gasteiger partial charge in [-0.25, -0.2) is 0 Å². The van der Waals surface area contributed by atoms with Gasteiger partial charge in [-0.1, -0.05) is 4.49 Å². The number of thiophene rings is 1. The van der Waals surface area contributed by atoms with E-state index < -0.39 is 0 Å². The summed E-state index contributed by atoms with van der Waals surface area (Å²) in [6.45, 7) is 0. The topological polar surface area (TPSA) is 80.9 Å². The molecular formula is C7H6N4OS2. The molecule has 0 fully saturated rings. The molecule has 0 saturated heterocycles. The highest BCUT2D eigenvalue weighted by Gasteiger charge is 2.14. The van der Waals surface area contributed by atoms with Gasteiger partial charge in [0.05, 0.1) is 5.69 Å². The minimum atomic E-state index is -0.324. The number of aromatic nitrogens is 2. The number of amides is 1. The third-order valence-corrected chi connectivity index (χ3v) is 2.74. The van der Waals surface area contributed by atoms with Crippen LogP contribution in [0.3, 0.4) is 0 Å². The maximum atomic E-state index is 11.5. The number of hydrogen-bond donors (Lipinski definition) is 2. The molecule has 0 bridgehead atoms. The molecule has 2 rings (SSSR count). The molecule has 0 atom stereocenters. The number of nitrogens with two attached hydrogens (primary N) is 1. The predicted molar refractivity (Wildman–Crippen MR) is 56.6 cm³/mol. The zero-order valence-corrected chi connectivity index (χ0v) is 8.56. The summed E-state index contributed by atoms with van der Waals surface area (Å²) in [4.78, 5) is 11.5. The van der Waals surface area contributed by atoms with Crippen molar-refractivity contribution < 1.29 is 4.79 Å². The third kappa shape index (κ3) is 1.73. The van der Waals surface area contributed by atoms with Crippen LogP contribution in [0.2, 0.25) is 0 Å². The number of carbonyl (C=O) groups is 1. The van der Waals surface area contributed by atoms with Gasteiger partial charge < -0.3 is 11.1 Å². The van der Waals surface area contributed by atoms with Crippen molar-refractivity contribution in [1.29, 1.82) is 0 Å². The summed E-state index contributed by atoms with van der Waals surface area (Å²) in [7, 11) is 0. The Morgan fingerprint density at radius 2 is 2.43 bits per heavy atom. The van der Waals surface area contributed by atoms with Crippen molar-refractivity contribution in [2.75, 3.05) is 11.1 Å². The van der Waals surface area contributed by atoms with E-state index >= 15 is 0 Å². The Morgan fingerprint density at radius 1 is 1.57 bits per heavy atom. The lowest BCUT2D eigenvalue weighted by atomic mass is 10.4. The number of hydrogen-bond acceptors (Lipinski definition) is 6. The zero-order valence-electron chi connectivity index (χ0n) is 6.93. The first-order chi connectivity index (χ1) is 6.77. The molecule has 0 spiro atoms. The van der Waals surface area contributed by atoms with Gasteiger partial charge in [-0.15, -0.1) is 5.10 Å². The van der Waals surface area contributed by atoms with E-state index in [1.54, 1.807) is 6.07 Å². The van der Waals surface area contributed by atoms with E-state index in [9.17, 15) is 4.79 Å². The van der Waals surface area contributed by atoms with Crippen molar-refractivity contribution in [3.05, 3.63) is 22.5 Å². The van der Waals surface area contributed by atoms with Crippen molar-refractivity contribution >= 4 is 39.5 Å². The Morgan fingerprint density at radius 3 is 3.00 bits per heavy atom. The van der Waals surface area contributed by atoms with Crippen LogP contribution in [-0.4, -0.2) is 15.5 Å². The fourth-order valence-electron chi connectivity index (χ4n) is 0.881. The second kappa shape index (κ2) is 3.72. The van der Waals surface area contributed by atoms with Gasteiger partial charge in [0.1, 0.15) is 5.00 Å². The van der Waals surface area contributed by atoms with Gasteiger partial charge in [0.2, 0.25) is 0 Å². The molecule has 0 saturated carbocycles. The lowest BCUT2D eigenvalue weighted by molar-refractivity contribution is 0.102. The minimum absolute atomic E-state index is 0.182. The molecule has 0 aromatic carbocycles. The van der Waals surface area contributed by atoms with Gasteiger partial charge in [-0.05, 0) is 11.4 Å². The van der Waals surface area contributed by atoms with Crippen LogP contribution in [0.15, 0.2) is 16.8 Å². The summed E-state index contributed by atoms with van der Waals surface area (Å²) in [6, 6.07) is 1.80. The van der Waals surface area contributed by atoms with Gasteiger partial charge >= 0.3 is 0 Å². The van der Waals surface area contributed by atoms with E-state index in [4.69, 9.17) is 5.73 Å². The van der Waals surface area contributed by atoms with E-state index in [0.717, 1.165) is 17.2 Å². The number of anilines is 2. The highest BCUT2D eigenvalue weighted by atomic mass is 32.1. The standard InChI is InChI=1S/C7H6N4OS2/c8-6-5(10-11-14-6)7(12)9-4-1-2-13-3-4/h1-3H,8H2,(H,9,12). The van der Waals surface area contributed by atoms with Crippen molar-refractivity contribution in [2.45, 2.75) is 0 Å². The fraction of sp³-hybridized carbons (Fsp3) is 0. The Labute approximate surface area is 87.7 Å². The van der Waals surface area contributed by atoms with Crippen LogP contribution in [0.5, 0.6) is 0 Å². The molecule has 0 aliphatic heterocycles. The molecular weight excluding hydrogens is 220 g/mol. The van der Waals surface area contributed by atoms with Crippen molar-refractivity contribution in [1.82, 2.24) is 9.59 Å². The number of nitrogens with one attached hydrogen (secondary N) is 1. The highest BCUT2D eigenvalue weighted by molar-refractivity contribution is 7.10. The first-order valence-corrected chi connectivity index (χ1v) is 5.40. The number of rotatable bonds is 2. The molecule has 0 radical (unpaired) electrons. The van der Waals surface area contributed by atoms with Crippen LogP contribution in [0.1, 0.15) is 10.5 Å². The first kappa shape index (κ1) is 9.10. The summed E-state index contributed by atoms with van der Waals surface area (Å²) in [5, 5.41) is 10.3. The monoisotopic (exact) mass is 226 g/mol. The molecule has 5 nitrogen and oxygen atoms in total. The van der Waals surface area contributed by atoms with Crippen LogP contribution in [0, 0.1) is 0 Å². The summed E-state index contributed by atoms with van der Waals surface area (Å²) in [5.74, 6) is -0.324. The SMILES string of the molecule is Nc1snnc1C(=O)Nc1ccsc1. The molecule has 0 unspecified atom stereocenters. The normalized spacial score (nSPS) is 10.0. The van der Waals surface area contributed by atoms with Crippen molar-refractivity contribution in [2.24, 2.45) is 0 Å². The average molecular weight is 226 g/mol. The summed E-state index contributed by atoms with van der Waals surface area (Å²) < 4.78 is 3.58. The predicted octanol–water partition coefficient (Wildman–Crippen LogP) is 1.43. The third-order valence-electron chi connectivity index (χ3n) is 1.51. The summed E-state index contributed by atoms with van der Waals surface area (Å²) in [6.07, 6.45) is 0. The summed E-state index contributed by atoms with van der Waals surface area (Å²) in [5.41, 5.74) is 6.43. The smallest absolute Gasteiger partial charge is 0.279 e. The maximum absolute atomic E-state index is 11.5. The molecule has 14 heavy (non-hydrogen) atoms. The molecule has 0 aliphatic carbocycles. The maximum Gasteiger partial charge on any atom is 0.279 e. The summed E-state index contributed by atoms with van der Waals surface area (Å²) >= 11 is 2.51. The lowest BCUT2D eigenvalue weighted by Gasteiger charge is -1.98. The largest absolute Gasteiger partial charge is 0.387 e. The molecule has 2 aromatic rings. The molecule has 1 amide bonds. The second-order valence-electron chi connectivity index (χ2n) is 2.45. The lowest BCUT2D eigenvalue weighted by Crippen LogP contribution is -2.13. The molecule has 2 heterocycles. The second-order valence-corrected chi connectivity index (χ2v) is 4.02. The van der Waals surface area contributed by atoms with E-state index in [0.29, 0.717) is 5.00 Å². The van der Waals surface area contributed by atoms with Gasteiger partial charge in [-0.2, -0.15) is 11.3 Å². The first-order valence-electron chi connectivity index (χ1n) is 3.69. The molecule has 0 aliphatic rings. The zero-order chi connectivity index (χ0) is 9.97. The molecule has 3 N–H and O–H groups in total. The van der Waals surface area contributed by atoms with Crippen LogP contribution < -0.4 is 11.1 Å². The van der Waals surface area contributed by atoms with Gasteiger partial charge in [0.15, 0.2) is 5.69 Å². The van der Waals surface area contributed by atoms with Crippen LogP contribution in [0.4, 0.5) is 10.7 Å². The average Bonchev–Trinajstić information content (AvgIpc) is 2.75. The Kier molecular flexibility index (Phi) is 2.42. The number of nitrogens with zero attached hydrogens (tertiary/aromatic N) is 2. The minimum Gasteiger partial charge on any atom is -0.387 e. The van der Waals surface area contributed by atoms with Crippen LogP contribution in [-0.2, 0) is 0 Å². The van der Waals surface area contributed by atoms with Crippen LogP contribution >= 0.6 is 22.9 Å². The quantitative estimate of drug-likeness (QED) is 0.811. The van der Waals surface area contributed by atoms with E-state index in [1.807, 2.05) is 10.8 Å². The van der Waals surface area contributed by atoms with E-state index in [2.05, 4.69) is 14.9 Å². The number of carbonyl (C=O) groups excluding carboxylic acids is 1. The Balaban J connectivity index is 2.14. The van der Waals surface area contributed by atoms with Crippen molar-refractivity contribution in [3.63, 3.8) is 0 Å².